The number of hydrogen-bond donors (Lipinski definition) is 1. The lowest BCUT2D eigenvalue weighted by Gasteiger charge is -2.32. The number of piperazine rings is 1. The van der Waals surface area contributed by atoms with E-state index in [0.717, 1.165) is 23.6 Å². The summed E-state index contributed by atoms with van der Waals surface area (Å²) in [6, 6.07) is 15.5. The number of amides is 2. The molecule has 1 aliphatic heterocycles. The minimum atomic E-state index is -2.86. The lowest BCUT2D eigenvalue weighted by atomic mass is 10.2. The number of hydrogen-bond acceptors (Lipinski definition) is 3. The van der Waals surface area contributed by atoms with E-state index in [4.69, 9.17) is 0 Å². The third-order valence-corrected chi connectivity index (χ3v) is 5.17. The van der Waals surface area contributed by atoms with Gasteiger partial charge in [0, 0.05) is 19.2 Å². The summed E-state index contributed by atoms with van der Waals surface area (Å²) >= 11 is 0. The molecule has 1 saturated heterocycles. The van der Waals surface area contributed by atoms with Crippen LogP contribution in [-0.4, -0.2) is 68.0 Å². The fourth-order valence-corrected chi connectivity index (χ4v) is 3.45. The molecule has 6 nitrogen and oxygen atoms in total. The van der Waals surface area contributed by atoms with Gasteiger partial charge >= 0.3 is 6.61 Å². The van der Waals surface area contributed by atoms with Gasteiger partial charge in [0.05, 0.1) is 26.2 Å². The maximum absolute atomic E-state index is 12.6. The third-order valence-electron chi connectivity index (χ3n) is 5.17. The van der Waals surface area contributed by atoms with E-state index in [9.17, 15) is 18.4 Å². The number of rotatable bonds is 7. The van der Waals surface area contributed by atoms with Gasteiger partial charge in [0.25, 0.3) is 11.8 Å². The standard InChI is InChI=1S/C22H25F2N3O3/c1-25(15-17-7-9-19(10-8-17)30-22(23)24)20(28)16-26-11-13-27(14-12-26)21(29)18-5-3-2-4-6-18/h2-10,22H,11-16H2,1H3/p+1. The predicted octanol–water partition coefficient (Wildman–Crippen LogP) is 1.29. The first-order valence-corrected chi connectivity index (χ1v) is 9.88. The molecule has 0 aliphatic carbocycles. The zero-order valence-corrected chi connectivity index (χ0v) is 16.9. The lowest BCUT2D eigenvalue weighted by molar-refractivity contribution is -0.896. The van der Waals surface area contributed by atoms with Crippen molar-refractivity contribution in [3.05, 3.63) is 65.7 Å². The summed E-state index contributed by atoms with van der Waals surface area (Å²) in [5, 5.41) is 0. The van der Waals surface area contributed by atoms with E-state index in [1.165, 1.54) is 12.1 Å². The van der Waals surface area contributed by atoms with E-state index in [-0.39, 0.29) is 17.6 Å². The lowest BCUT2D eigenvalue weighted by Crippen LogP contribution is -3.15. The molecule has 3 rings (SSSR count). The van der Waals surface area contributed by atoms with Crippen LogP contribution in [-0.2, 0) is 11.3 Å². The fraction of sp³-hybridized carbons (Fsp3) is 0.364. The highest BCUT2D eigenvalue weighted by atomic mass is 19.3. The van der Waals surface area contributed by atoms with Crippen LogP contribution < -0.4 is 9.64 Å². The molecule has 0 radical (unpaired) electrons. The number of carbonyl (C=O) groups excluding carboxylic acids is 2. The van der Waals surface area contributed by atoms with E-state index in [0.29, 0.717) is 31.7 Å². The van der Waals surface area contributed by atoms with E-state index in [1.54, 1.807) is 24.1 Å². The van der Waals surface area contributed by atoms with Gasteiger partial charge in [0.1, 0.15) is 5.75 Å². The monoisotopic (exact) mass is 418 g/mol. The second-order valence-electron chi connectivity index (χ2n) is 7.36. The second kappa shape index (κ2) is 10.2. The maximum atomic E-state index is 12.6. The average molecular weight is 418 g/mol. The second-order valence-corrected chi connectivity index (χ2v) is 7.36. The highest BCUT2D eigenvalue weighted by Gasteiger charge is 2.26. The van der Waals surface area contributed by atoms with E-state index < -0.39 is 6.61 Å². The van der Waals surface area contributed by atoms with Gasteiger partial charge < -0.3 is 19.4 Å². The highest BCUT2D eigenvalue weighted by molar-refractivity contribution is 5.94. The summed E-state index contributed by atoms with van der Waals surface area (Å²) in [4.78, 5) is 29.7. The van der Waals surface area contributed by atoms with Crippen LogP contribution in [0.2, 0.25) is 0 Å². The van der Waals surface area contributed by atoms with Crippen molar-refractivity contribution < 1.29 is 28.0 Å². The quantitative estimate of drug-likeness (QED) is 0.737. The smallest absolute Gasteiger partial charge is 0.387 e. The van der Waals surface area contributed by atoms with Crippen LogP contribution in [0.4, 0.5) is 8.78 Å². The normalized spacial score (nSPS) is 14.6. The summed E-state index contributed by atoms with van der Waals surface area (Å²) in [6.07, 6.45) is 0. The number of carbonyl (C=O) groups is 2. The maximum Gasteiger partial charge on any atom is 0.387 e. The molecule has 30 heavy (non-hydrogen) atoms. The van der Waals surface area contributed by atoms with Crippen molar-refractivity contribution in [2.45, 2.75) is 13.2 Å². The number of quaternary nitrogens is 1. The predicted molar refractivity (Wildman–Crippen MR) is 107 cm³/mol. The molecule has 1 fully saturated rings. The number of benzene rings is 2. The Morgan fingerprint density at radius 2 is 1.70 bits per heavy atom. The zero-order chi connectivity index (χ0) is 21.5. The molecule has 0 atom stereocenters. The van der Waals surface area contributed by atoms with Crippen molar-refractivity contribution in [3.63, 3.8) is 0 Å². The Balaban J connectivity index is 1.44. The van der Waals surface area contributed by atoms with Crippen LogP contribution in [0.1, 0.15) is 15.9 Å². The van der Waals surface area contributed by atoms with Gasteiger partial charge in [-0.3, -0.25) is 9.59 Å². The van der Waals surface area contributed by atoms with Crippen molar-refractivity contribution >= 4 is 11.8 Å². The third kappa shape index (κ3) is 6.00. The Labute approximate surface area is 174 Å². The van der Waals surface area contributed by atoms with Gasteiger partial charge in [0.2, 0.25) is 0 Å². The molecule has 2 amide bonds. The first kappa shape index (κ1) is 21.7. The molecule has 0 saturated carbocycles. The molecule has 2 aromatic carbocycles. The minimum absolute atomic E-state index is 0.000688. The number of halogens is 2. The molecule has 1 aliphatic rings. The van der Waals surface area contributed by atoms with E-state index >= 15 is 0 Å². The Bertz CT molecular complexity index is 838. The van der Waals surface area contributed by atoms with Crippen LogP contribution in [0.5, 0.6) is 5.75 Å². The SMILES string of the molecule is CN(Cc1ccc(OC(F)F)cc1)C(=O)C[NH+]1CCN(C(=O)c2ccccc2)CC1. The Kier molecular flexibility index (Phi) is 7.35. The molecule has 1 heterocycles. The van der Waals surface area contributed by atoms with E-state index in [2.05, 4.69) is 4.74 Å². The summed E-state index contributed by atoms with van der Waals surface area (Å²) in [6.45, 7) is 0.565. The van der Waals surface area contributed by atoms with Gasteiger partial charge in [0.15, 0.2) is 6.54 Å². The largest absolute Gasteiger partial charge is 0.435 e. The summed E-state index contributed by atoms with van der Waals surface area (Å²) in [5.74, 6) is 0.119. The fourth-order valence-electron chi connectivity index (χ4n) is 3.45. The Hall–Kier alpha value is -3.00. The van der Waals surface area contributed by atoms with Crippen LogP contribution in [0.3, 0.4) is 0 Å². The number of likely N-dealkylation sites (N-methyl/N-ethyl adjacent to an activating group) is 1. The molecular weight excluding hydrogens is 392 g/mol. The van der Waals surface area contributed by atoms with Crippen LogP contribution in [0.15, 0.2) is 54.6 Å². The first-order chi connectivity index (χ1) is 14.4. The Morgan fingerprint density at radius 3 is 2.30 bits per heavy atom. The molecule has 160 valence electrons. The number of nitrogens with zero attached hydrogens (tertiary/aromatic N) is 2. The molecule has 2 aromatic rings. The van der Waals surface area contributed by atoms with Crippen LogP contribution >= 0.6 is 0 Å². The molecule has 1 N–H and O–H groups in total. The molecule has 8 heteroatoms. The number of nitrogens with one attached hydrogen (secondary N) is 1. The van der Waals surface area contributed by atoms with Crippen molar-refractivity contribution in [1.82, 2.24) is 9.80 Å². The van der Waals surface area contributed by atoms with Gasteiger partial charge in [-0.05, 0) is 29.8 Å². The number of alkyl halides is 2. The van der Waals surface area contributed by atoms with Crippen LogP contribution in [0, 0.1) is 0 Å². The molecule has 0 aromatic heterocycles. The topological polar surface area (TPSA) is 54.3 Å². The number of ether oxygens (including phenoxy) is 1. The molecular formula is C22H26F2N3O3+. The zero-order valence-electron chi connectivity index (χ0n) is 16.9. The van der Waals surface area contributed by atoms with Crippen molar-refractivity contribution in [1.29, 1.82) is 0 Å². The summed E-state index contributed by atoms with van der Waals surface area (Å²) < 4.78 is 28.8. The summed E-state index contributed by atoms with van der Waals surface area (Å²) in [5.41, 5.74) is 1.52. The van der Waals surface area contributed by atoms with E-state index in [1.807, 2.05) is 35.2 Å². The molecule has 0 spiro atoms. The van der Waals surface area contributed by atoms with Crippen molar-refractivity contribution in [2.24, 2.45) is 0 Å². The Morgan fingerprint density at radius 1 is 1.07 bits per heavy atom. The molecule has 0 bridgehead atoms. The highest BCUT2D eigenvalue weighted by Crippen LogP contribution is 2.15. The van der Waals surface area contributed by atoms with Gasteiger partial charge in [-0.2, -0.15) is 8.78 Å². The van der Waals surface area contributed by atoms with Crippen molar-refractivity contribution in [2.75, 3.05) is 39.8 Å². The minimum Gasteiger partial charge on any atom is -0.435 e. The van der Waals surface area contributed by atoms with Crippen molar-refractivity contribution in [3.8, 4) is 5.75 Å². The van der Waals surface area contributed by atoms with Gasteiger partial charge in [-0.15, -0.1) is 0 Å². The van der Waals surface area contributed by atoms with Crippen LogP contribution in [0.25, 0.3) is 0 Å². The summed E-state index contributed by atoms with van der Waals surface area (Å²) in [7, 11) is 1.72. The first-order valence-electron chi connectivity index (χ1n) is 9.88. The average Bonchev–Trinajstić information content (AvgIpc) is 2.75. The van der Waals surface area contributed by atoms with Gasteiger partial charge in [-0.1, -0.05) is 30.3 Å². The molecule has 0 unspecified atom stereocenters. The van der Waals surface area contributed by atoms with Gasteiger partial charge in [-0.25, -0.2) is 0 Å².